The van der Waals surface area contributed by atoms with Gasteiger partial charge < -0.3 is 10.1 Å². The van der Waals surface area contributed by atoms with Gasteiger partial charge in [-0.3, -0.25) is 0 Å². The number of rotatable bonds is 5. The molecule has 1 N–H and O–H groups in total. The second-order valence-corrected chi connectivity index (χ2v) is 4.18. The number of hydrogen-bond acceptors (Lipinski definition) is 3. The number of nitrogens with zero attached hydrogens (tertiary/aromatic N) is 1. The van der Waals surface area contributed by atoms with Crippen molar-refractivity contribution >= 4 is 0 Å². The number of pyridine rings is 1. The van der Waals surface area contributed by atoms with Crippen LogP contribution in [0.3, 0.4) is 0 Å². The minimum absolute atomic E-state index is 0.226. The highest BCUT2D eigenvalue weighted by Gasteiger charge is 2.10. The molecule has 0 fully saturated rings. The van der Waals surface area contributed by atoms with Gasteiger partial charge in [-0.2, -0.15) is 0 Å². The molecule has 0 aliphatic heterocycles. The summed E-state index contributed by atoms with van der Waals surface area (Å²) in [4.78, 5) is 4.30. The third-order valence-electron chi connectivity index (χ3n) is 2.92. The first-order valence-corrected chi connectivity index (χ1v) is 6.10. The van der Waals surface area contributed by atoms with E-state index in [0.717, 1.165) is 11.1 Å². The topological polar surface area (TPSA) is 34.2 Å². The molecule has 1 aromatic carbocycles. The second-order valence-electron chi connectivity index (χ2n) is 4.18. The number of ether oxygens (including phenoxy) is 1. The molecule has 0 bridgehead atoms. The molecular weight excluding hydrogens is 224 g/mol. The first kappa shape index (κ1) is 12.6. The average molecular weight is 242 g/mol. The molecule has 94 valence electrons. The first-order chi connectivity index (χ1) is 8.81. The summed E-state index contributed by atoms with van der Waals surface area (Å²) in [6.45, 7) is 2.63. The Hall–Kier alpha value is -1.87. The smallest absolute Gasteiger partial charge is 0.218 e. The zero-order valence-electron chi connectivity index (χ0n) is 10.8. The van der Waals surface area contributed by atoms with Gasteiger partial charge in [-0.05, 0) is 25.6 Å². The van der Waals surface area contributed by atoms with Crippen molar-refractivity contribution in [2.45, 2.75) is 19.6 Å². The summed E-state index contributed by atoms with van der Waals surface area (Å²) in [5.41, 5.74) is 2.22. The van der Waals surface area contributed by atoms with E-state index < -0.39 is 0 Å². The van der Waals surface area contributed by atoms with E-state index in [1.807, 2.05) is 49.5 Å². The lowest BCUT2D eigenvalue weighted by Gasteiger charge is -2.15. The van der Waals surface area contributed by atoms with Crippen molar-refractivity contribution in [3.05, 3.63) is 59.8 Å². The summed E-state index contributed by atoms with van der Waals surface area (Å²) < 4.78 is 5.80. The Bertz CT molecular complexity index is 485. The first-order valence-electron chi connectivity index (χ1n) is 6.10. The quantitative estimate of drug-likeness (QED) is 0.875. The van der Waals surface area contributed by atoms with E-state index >= 15 is 0 Å². The fourth-order valence-corrected chi connectivity index (χ4v) is 1.73. The van der Waals surface area contributed by atoms with Gasteiger partial charge >= 0.3 is 0 Å². The Morgan fingerprint density at radius 2 is 1.94 bits per heavy atom. The minimum atomic E-state index is 0.226. The van der Waals surface area contributed by atoms with E-state index in [9.17, 15) is 0 Å². The third-order valence-corrected chi connectivity index (χ3v) is 2.92. The summed E-state index contributed by atoms with van der Waals surface area (Å²) in [6.07, 6.45) is 1.76. The molecular formula is C15H18N2O. The molecule has 1 atom stereocenters. The number of hydrogen-bond donors (Lipinski definition) is 1. The molecule has 0 aliphatic carbocycles. The van der Waals surface area contributed by atoms with Crippen molar-refractivity contribution < 1.29 is 4.74 Å². The predicted octanol–water partition coefficient (Wildman–Crippen LogP) is 2.94. The van der Waals surface area contributed by atoms with Gasteiger partial charge in [-0.25, -0.2) is 4.98 Å². The van der Waals surface area contributed by atoms with Crippen molar-refractivity contribution in [2.24, 2.45) is 0 Å². The van der Waals surface area contributed by atoms with E-state index in [4.69, 9.17) is 4.74 Å². The van der Waals surface area contributed by atoms with Crippen molar-refractivity contribution in [2.75, 3.05) is 7.05 Å². The van der Waals surface area contributed by atoms with Gasteiger partial charge in [0, 0.05) is 17.8 Å². The number of aromatic nitrogens is 1. The van der Waals surface area contributed by atoms with Gasteiger partial charge in [0.05, 0.1) is 0 Å². The van der Waals surface area contributed by atoms with E-state index in [1.165, 1.54) is 0 Å². The number of benzene rings is 1. The molecule has 2 rings (SSSR count). The van der Waals surface area contributed by atoms with Crippen LogP contribution in [0, 0.1) is 0 Å². The van der Waals surface area contributed by atoms with Crippen molar-refractivity contribution in [3.8, 4) is 5.88 Å². The molecule has 0 saturated heterocycles. The average Bonchev–Trinajstić information content (AvgIpc) is 2.45. The highest BCUT2D eigenvalue weighted by Crippen LogP contribution is 2.22. The lowest BCUT2D eigenvalue weighted by atomic mass is 10.1. The molecule has 3 heteroatoms. The molecule has 0 radical (unpaired) electrons. The predicted molar refractivity (Wildman–Crippen MR) is 72.5 cm³/mol. The van der Waals surface area contributed by atoms with Crippen LogP contribution < -0.4 is 10.1 Å². The van der Waals surface area contributed by atoms with Crippen molar-refractivity contribution in [1.82, 2.24) is 10.3 Å². The van der Waals surface area contributed by atoms with Crippen LogP contribution in [0.15, 0.2) is 48.7 Å². The standard InChI is InChI=1S/C15H18N2O/c1-12(16-2)14-9-6-10-17-15(14)18-11-13-7-4-3-5-8-13/h3-10,12,16H,11H2,1-2H3. The van der Waals surface area contributed by atoms with Gasteiger partial charge in [0.2, 0.25) is 5.88 Å². The van der Waals surface area contributed by atoms with E-state index in [2.05, 4.69) is 17.2 Å². The molecule has 0 aliphatic rings. The van der Waals surface area contributed by atoms with Gasteiger partial charge in [0.1, 0.15) is 6.61 Å². The molecule has 3 nitrogen and oxygen atoms in total. The van der Waals surface area contributed by atoms with Gasteiger partial charge in [-0.1, -0.05) is 36.4 Å². The van der Waals surface area contributed by atoms with Gasteiger partial charge in [-0.15, -0.1) is 0 Å². The highest BCUT2D eigenvalue weighted by atomic mass is 16.5. The van der Waals surface area contributed by atoms with Crippen LogP contribution >= 0.6 is 0 Å². The Morgan fingerprint density at radius 1 is 1.17 bits per heavy atom. The van der Waals surface area contributed by atoms with Crippen LogP contribution in [-0.4, -0.2) is 12.0 Å². The fraction of sp³-hybridized carbons (Fsp3) is 0.267. The zero-order chi connectivity index (χ0) is 12.8. The molecule has 1 aromatic heterocycles. The van der Waals surface area contributed by atoms with Gasteiger partial charge in [0.25, 0.3) is 0 Å². The Labute approximate surface area is 108 Å². The SMILES string of the molecule is CNC(C)c1cccnc1OCc1ccccc1. The van der Waals surface area contributed by atoms with Crippen LogP contribution in [0.1, 0.15) is 24.1 Å². The normalized spacial score (nSPS) is 12.1. The van der Waals surface area contributed by atoms with E-state index in [1.54, 1.807) is 6.20 Å². The van der Waals surface area contributed by atoms with E-state index in [0.29, 0.717) is 12.5 Å². The monoisotopic (exact) mass is 242 g/mol. The zero-order valence-corrected chi connectivity index (χ0v) is 10.8. The highest BCUT2D eigenvalue weighted by molar-refractivity contribution is 5.28. The maximum absolute atomic E-state index is 5.80. The van der Waals surface area contributed by atoms with Gasteiger partial charge in [0.15, 0.2) is 0 Å². The van der Waals surface area contributed by atoms with Crippen LogP contribution in [0.25, 0.3) is 0 Å². The maximum atomic E-state index is 5.80. The van der Waals surface area contributed by atoms with Crippen LogP contribution in [0.5, 0.6) is 5.88 Å². The van der Waals surface area contributed by atoms with Crippen LogP contribution in [-0.2, 0) is 6.61 Å². The molecule has 2 aromatic rings. The van der Waals surface area contributed by atoms with Crippen LogP contribution in [0.2, 0.25) is 0 Å². The molecule has 1 unspecified atom stereocenters. The second kappa shape index (κ2) is 6.17. The summed E-state index contributed by atoms with van der Waals surface area (Å²) in [7, 11) is 1.93. The third kappa shape index (κ3) is 3.08. The molecule has 0 spiro atoms. The Morgan fingerprint density at radius 3 is 2.67 bits per heavy atom. The molecule has 18 heavy (non-hydrogen) atoms. The summed E-state index contributed by atoms with van der Waals surface area (Å²) in [5.74, 6) is 0.697. The molecule has 1 heterocycles. The summed E-state index contributed by atoms with van der Waals surface area (Å²) >= 11 is 0. The van der Waals surface area contributed by atoms with Crippen molar-refractivity contribution in [1.29, 1.82) is 0 Å². The maximum Gasteiger partial charge on any atom is 0.218 e. The molecule has 0 amide bonds. The largest absolute Gasteiger partial charge is 0.473 e. The summed E-state index contributed by atoms with van der Waals surface area (Å²) in [5, 5.41) is 3.20. The minimum Gasteiger partial charge on any atom is -0.473 e. The van der Waals surface area contributed by atoms with Crippen molar-refractivity contribution in [3.63, 3.8) is 0 Å². The Balaban J connectivity index is 2.10. The number of nitrogens with one attached hydrogen (secondary N) is 1. The fourth-order valence-electron chi connectivity index (χ4n) is 1.73. The molecule has 0 saturated carbocycles. The van der Waals surface area contributed by atoms with Crippen LogP contribution in [0.4, 0.5) is 0 Å². The lowest BCUT2D eigenvalue weighted by molar-refractivity contribution is 0.287. The van der Waals surface area contributed by atoms with E-state index in [-0.39, 0.29) is 6.04 Å². The Kier molecular flexibility index (Phi) is 4.31. The summed E-state index contributed by atoms with van der Waals surface area (Å²) in [6, 6.07) is 14.3. The lowest BCUT2D eigenvalue weighted by Crippen LogP contribution is -2.14.